The molecule has 1 aliphatic heterocycles. The van der Waals surface area contributed by atoms with Crippen molar-refractivity contribution in [3.05, 3.63) is 28.7 Å². The summed E-state index contributed by atoms with van der Waals surface area (Å²) in [4.78, 5) is 7.03. The van der Waals surface area contributed by atoms with E-state index >= 15 is 0 Å². The summed E-state index contributed by atoms with van der Waals surface area (Å²) in [5, 5.41) is 147. The van der Waals surface area contributed by atoms with Gasteiger partial charge in [-0.25, -0.2) is 14.4 Å². The second kappa shape index (κ2) is 10.0. The molecular weight excluding hydrogens is 675 g/mol. The number of ether oxygens (including phenoxy) is 2. The number of hydrogen-bond donors (Lipinski definition) is 15. The fourth-order valence-electron chi connectivity index (χ4n) is 4.38. The first kappa shape index (κ1) is 33.4. The molecule has 20 nitrogen and oxygen atoms in total. The van der Waals surface area contributed by atoms with Gasteiger partial charge >= 0.3 is 5.97 Å². The van der Waals surface area contributed by atoms with Crippen LogP contribution in [0.2, 0.25) is 0 Å². The Bertz CT molecular complexity index is 1600. The first-order valence-electron chi connectivity index (χ1n) is 11.5. The standard InChI is InChI=1S/C22H24BrFN4O16/c1-28-20(37,38)18(33,34)17(32,19(35,36)21(28,39)40)22(41,42)44-9-4-7-6(3-8(9)43-2)16(26-5-25-7)27-12-11(24)13(29)10(23)14(30)15(12)31/h3-5,29-42H,1-2H3,(H,25,26,27). The van der Waals surface area contributed by atoms with E-state index in [1.807, 2.05) is 0 Å². The minimum Gasteiger partial charge on any atom is -0.504 e. The molecule has 4 rings (SSSR count). The van der Waals surface area contributed by atoms with E-state index in [1.54, 1.807) is 0 Å². The lowest BCUT2D eigenvalue weighted by molar-refractivity contribution is -0.627. The number of phenols is 3. The Morgan fingerprint density at radius 3 is 1.93 bits per heavy atom. The van der Waals surface area contributed by atoms with Gasteiger partial charge in [0.1, 0.15) is 22.3 Å². The quantitative estimate of drug-likeness (QED) is 0.0657. The van der Waals surface area contributed by atoms with E-state index in [2.05, 4.69) is 31.2 Å². The Balaban J connectivity index is 1.86. The molecule has 1 fully saturated rings. The Morgan fingerprint density at radius 1 is 0.864 bits per heavy atom. The van der Waals surface area contributed by atoms with Crippen molar-refractivity contribution in [2.24, 2.45) is 0 Å². The Kier molecular flexibility index (Phi) is 7.60. The summed E-state index contributed by atoms with van der Waals surface area (Å²) in [7, 11) is 1.24. The zero-order valence-electron chi connectivity index (χ0n) is 21.9. The van der Waals surface area contributed by atoms with Gasteiger partial charge in [0, 0.05) is 11.5 Å². The molecule has 242 valence electrons. The predicted molar refractivity (Wildman–Crippen MR) is 138 cm³/mol. The summed E-state index contributed by atoms with van der Waals surface area (Å²) in [6.45, 7) is 0. The number of benzene rings is 2. The first-order chi connectivity index (χ1) is 19.9. The topological polar surface area (TPSA) is 343 Å². The SMILES string of the molecule is COc1cc2c(Nc3c(O)c(O)c(Br)c(O)c3F)ncnc2cc1OC(O)(O)C1(O)C(O)(O)C(O)(O)N(C)C(O)(O)C1(O)O. The Morgan fingerprint density at radius 2 is 1.41 bits per heavy atom. The van der Waals surface area contributed by atoms with E-state index in [9.17, 15) is 75.9 Å². The van der Waals surface area contributed by atoms with Crippen LogP contribution in [0, 0.1) is 5.82 Å². The maximum atomic E-state index is 14.7. The predicted octanol–water partition coefficient (Wildman–Crippen LogP) is -4.27. The first-order valence-corrected chi connectivity index (χ1v) is 12.3. The maximum Gasteiger partial charge on any atom is 0.364 e. The van der Waals surface area contributed by atoms with Crippen LogP contribution in [-0.2, 0) is 0 Å². The molecule has 1 saturated heterocycles. The van der Waals surface area contributed by atoms with Crippen molar-refractivity contribution in [3.8, 4) is 28.7 Å². The van der Waals surface area contributed by atoms with E-state index in [1.165, 1.54) is 0 Å². The smallest absolute Gasteiger partial charge is 0.364 e. The summed E-state index contributed by atoms with van der Waals surface area (Å²) in [6, 6.07) is 1.67. The van der Waals surface area contributed by atoms with Crippen LogP contribution in [0.3, 0.4) is 0 Å². The molecule has 15 N–H and O–H groups in total. The number of aromatic hydroxyl groups is 3. The van der Waals surface area contributed by atoms with Crippen LogP contribution in [0.15, 0.2) is 22.9 Å². The lowest BCUT2D eigenvalue weighted by atomic mass is 9.73. The Labute approximate surface area is 250 Å². The number of likely N-dealkylation sites (N-methyl/N-ethyl adjacent to an activating group) is 1. The number of anilines is 2. The second-order valence-electron chi connectivity index (χ2n) is 9.51. The second-order valence-corrected chi connectivity index (χ2v) is 10.3. The molecule has 1 aliphatic rings. The van der Waals surface area contributed by atoms with E-state index < -0.39 is 84.6 Å². The number of nitrogens with one attached hydrogen (secondary N) is 1. The molecule has 0 spiro atoms. The molecule has 2 aromatic carbocycles. The summed E-state index contributed by atoms with van der Waals surface area (Å²) >= 11 is 2.69. The van der Waals surface area contributed by atoms with Crippen LogP contribution in [0.1, 0.15) is 0 Å². The number of fused-ring (bicyclic) bond motifs is 1. The molecule has 0 atom stereocenters. The van der Waals surface area contributed by atoms with Gasteiger partial charge in [0.15, 0.2) is 34.6 Å². The van der Waals surface area contributed by atoms with Crippen molar-refractivity contribution in [1.82, 2.24) is 14.9 Å². The number of aromatic nitrogens is 2. The third-order valence-electron chi connectivity index (χ3n) is 7.07. The molecule has 2 heterocycles. The van der Waals surface area contributed by atoms with E-state index in [4.69, 9.17) is 9.47 Å². The molecule has 22 heteroatoms. The van der Waals surface area contributed by atoms with Crippen LogP contribution in [-0.4, -0.2) is 135 Å². The van der Waals surface area contributed by atoms with Crippen LogP contribution in [0.4, 0.5) is 15.9 Å². The van der Waals surface area contributed by atoms with Gasteiger partial charge in [-0.1, -0.05) is 0 Å². The fourth-order valence-corrected chi connectivity index (χ4v) is 4.75. The highest BCUT2D eigenvalue weighted by Gasteiger charge is 2.90. The van der Waals surface area contributed by atoms with Crippen LogP contribution < -0.4 is 14.8 Å². The number of phenolic OH excluding ortho intramolecular Hbond substituents is 3. The average molecular weight is 699 g/mol. The van der Waals surface area contributed by atoms with Gasteiger partial charge in [0.05, 0.1) is 12.6 Å². The molecule has 3 aromatic rings. The van der Waals surface area contributed by atoms with Crippen LogP contribution in [0.25, 0.3) is 10.9 Å². The van der Waals surface area contributed by atoms with Crippen LogP contribution >= 0.6 is 15.9 Å². The monoisotopic (exact) mass is 698 g/mol. The van der Waals surface area contributed by atoms with Crippen molar-refractivity contribution in [2.75, 3.05) is 19.5 Å². The number of nitrogens with zero attached hydrogens (tertiary/aromatic N) is 3. The van der Waals surface area contributed by atoms with E-state index in [0.717, 1.165) is 25.6 Å². The zero-order chi connectivity index (χ0) is 33.6. The number of halogens is 2. The highest BCUT2D eigenvalue weighted by Crippen LogP contribution is 2.54. The highest BCUT2D eigenvalue weighted by atomic mass is 79.9. The third kappa shape index (κ3) is 4.13. The normalized spacial score (nSPS) is 20.3. The largest absolute Gasteiger partial charge is 0.504 e. The minimum absolute atomic E-state index is 0.149. The van der Waals surface area contributed by atoms with Gasteiger partial charge in [0.2, 0.25) is 0 Å². The van der Waals surface area contributed by atoms with Crippen molar-refractivity contribution >= 4 is 38.3 Å². The molecule has 0 amide bonds. The van der Waals surface area contributed by atoms with Crippen LogP contribution in [0.5, 0.6) is 28.7 Å². The van der Waals surface area contributed by atoms with Gasteiger partial charge < -0.3 is 86.3 Å². The number of piperidine rings is 1. The summed E-state index contributed by atoms with van der Waals surface area (Å²) < 4.78 is 24.0. The highest BCUT2D eigenvalue weighted by molar-refractivity contribution is 9.10. The van der Waals surface area contributed by atoms with Gasteiger partial charge in [-0.15, -0.1) is 0 Å². The lowest BCUT2D eigenvalue weighted by Gasteiger charge is -2.63. The van der Waals surface area contributed by atoms with Gasteiger partial charge in [-0.05, 0) is 29.0 Å². The molecule has 0 radical (unpaired) electrons. The van der Waals surface area contributed by atoms with E-state index in [-0.39, 0.29) is 16.7 Å². The summed E-state index contributed by atoms with van der Waals surface area (Å²) in [6.07, 6.45) is 0.820. The lowest BCUT2D eigenvalue weighted by Crippen LogP contribution is -2.97. The van der Waals surface area contributed by atoms with Gasteiger partial charge in [-0.2, -0.15) is 4.90 Å². The molecule has 0 aliphatic carbocycles. The zero-order valence-corrected chi connectivity index (χ0v) is 23.5. The summed E-state index contributed by atoms with van der Waals surface area (Å²) in [5.41, 5.74) is -6.22. The molecule has 44 heavy (non-hydrogen) atoms. The summed E-state index contributed by atoms with van der Waals surface area (Å²) in [5.74, 6) is -30.0. The van der Waals surface area contributed by atoms with Gasteiger partial charge in [-0.3, -0.25) is 0 Å². The van der Waals surface area contributed by atoms with Gasteiger partial charge in [0.25, 0.3) is 29.0 Å². The van der Waals surface area contributed by atoms with Crippen molar-refractivity contribution in [2.45, 2.75) is 35.0 Å². The molecule has 1 aromatic heterocycles. The molecule has 0 unspecified atom stereocenters. The number of hydrogen-bond acceptors (Lipinski definition) is 20. The molecule has 0 saturated carbocycles. The average Bonchev–Trinajstić information content (AvgIpc) is 2.94. The minimum atomic E-state index is -5.06. The van der Waals surface area contributed by atoms with E-state index in [0.29, 0.717) is 7.05 Å². The maximum absolute atomic E-state index is 14.7. The number of methoxy groups -OCH3 is 1. The van der Waals surface area contributed by atoms with Crippen molar-refractivity contribution < 1.29 is 85.4 Å². The molecular formula is C22H24BrFN4O16. The Hall–Kier alpha value is -3.49. The third-order valence-corrected chi connectivity index (χ3v) is 7.82. The van der Waals surface area contributed by atoms with Crippen molar-refractivity contribution in [3.63, 3.8) is 0 Å². The number of rotatable bonds is 6. The fraction of sp³-hybridized carbons (Fsp3) is 0.364. The van der Waals surface area contributed by atoms with Crippen molar-refractivity contribution in [1.29, 1.82) is 0 Å². The number of aliphatic hydroxyl groups is 11. The molecule has 0 bridgehead atoms. The number of likely N-dealkylation sites (tertiary alicyclic amines) is 1.